The Labute approximate surface area is 133 Å². The van der Waals surface area contributed by atoms with Gasteiger partial charge in [-0.2, -0.15) is 0 Å². The summed E-state index contributed by atoms with van der Waals surface area (Å²) in [7, 11) is 0. The number of hydrogen-bond donors (Lipinski definition) is 1. The van der Waals surface area contributed by atoms with Crippen molar-refractivity contribution in [3.05, 3.63) is 24.1 Å². The van der Waals surface area contributed by atoms with Crippen LogP contribution in [0.4, 0.5) is 10.6 Å². The Hall–Kier alpha value is -2.28. The van der Waals surface area contributed by atoms with Crippen LogP contribution < -0.4 is 4.90 Å². The maximum absolute atomic E-state index is 12.5. The number of nitrogens with zero attached hydrogens (tertiary/aromatic N) is 4. The Morgan fingerprint density at radius 1 is 1.45 bits per heavy atom. The summed E-state index contributed by atoms with van der Waals surface area (Å²) in [6, 6.07) is 3.61. The van der Waals surface area contributed by atoms with Crippen LogP contribution in [0.2, 0.25) is 0 Å². The van der Waals surface area contributed by atoms with Crippen LogP contribution in [0.3, 0.4) is 0 Å². The van der Waals surface area contributed by atoms with Crippen LogP contribution in [0.15, 0.2) is 27.8 Å². The van der Waals surface area contributed by atoms with E-state index in [1.165, 1.54) is 0 Å². The Morgan fingerprint density at radius 2 is 2.32 bits per heavy atom. The number of anilines is 1. The molecule has 2 aromatic heterocycles. The van der Waals surface area contributed by atoms with E-state index in [0.717, 1.165) is 12.1 Å². The van der Waals surface area contributed by atoms with Gasteiger partial charge in [0.25, 0.3) is 0 Å². The third-order valence-electron chi connectivity index (χ3n) is 3.67. The van der Waals surface area contributed by atoms with Gasteiger partial charge in [0.05, 0.1) is 12.8 Å². The molecule has 116 valence electrons. The van der Waals surface area contributed by atoms with Crippen LogP contribution in [-0.4, -0.2) is 46.4 Å². The van der Waals surface area contributed by atoms with E-state index in [1.54, 1.807) is 16.1 Å². The first-order valence-electron chi connectivity index (χ1n) is 7.07. The maximum atomic E-state index is 12.5. The number of H-pyrrole nitrogens is 1. The number of amidine groups is 1. The summed E-state index contributed by atoms with van der Waals surface area (Å²) >= 11 is 0. The van der Waals surface area contributed by atoms with Crippen molar-refractivity contribution in [2.45, 2.75) is 13.3 Å². The largest absolute Gasteiger partial charge is 0.461 e. The summed E-state index contributed by atoms with van der Waals surface area (Å²) in [6.07, 6.45) is 2.47. The van der Waals surface area contributed by atoms with Crippen LogP contribution in [0.5, 0.6) is 0 Å². The maximum Gasteiger partial charge on any atom is 0.331 e. The molecule has 0 spiro atoms. The first kappa shape index (κ1) is 14.6. The number of furan rings is 1. The highest BCUT2D eigenvalue weighted by molar-refractivity contribution is 6.18. The number of fused-ring (bicyclic) bond motifs is 3. The summed E-state index contributed by atoms with van der Waals surface area (Å²) in [5.41, 5.74) is 0.798. The molecule has 0 saturated heterocycles. The molecule has 0 saturated carbocycles. The number of urea groups is 1. The molecule has 2 aliphatic rings. The van der Waals surface area contributed by atoms with Crippen molar-refractivity contribution >= 4 is 30.1 Å². The zero-order valence-corrected chi connectivity index (χ0v) is 12.9. The fourth-order valence-corrected chi connectivity index (χ4v) is 2.75. The van der Waals surface area contributed by atoms with Gasteiger partial charge in [-0.1, -0.05) is 6.92 Å². The van der Waals surface area contributed by atoms with Gasteiger partial charge in [-0.05, 0) is 18.6 Å². The van der Waals surface area contributed by atoms with Gasteiger partial charge in [0.15, 0.2) is 23.2 Å². The van der Waals surface area contributed by atoms with Crippen LogP contribution in [-0.2, 0) is 0 Å². The molecular weight excluding hydrogens is 306 g/mol. The zero-order chi connectivity index (χ0) is 14.4. The number of imidazole rings is 1. The number of carbonyl (C=O) groups is 1. The highest BCUT2D eigenvalue weighted by Gasteiger charge is 2.39. The van der Waals surface area contributed by atoms with Crippen molar-refractivity contribution in [1.82, 2.24) is 14.9 Å². The Kier molecular flexibility index (Phi) is 3.66. The topological polar surface area (TPSA) is 77.7 Å². The fraction of sp³-hybridized carbons (Fsp3) is 0.357. The molecule has 2 aliphatic heterocycles. The summed E-state index contributed by atoms with van der Waals surface area (Å²) in [4.78, 5) is 28.2. The number of aromatic nitrogens is 2. The number of halogens is 1. The van der Waals surface area contributed by atoms with E-state index in [2.05, 4.69) is 15.0 Å². The molecule has 0 aromatic carbocycles. The minimum atomic E-state index is -0.0434. The summed E-state index contributed by atoms with van der Waals surface area (Å²) in [5.74, 6) is 2.60. The zero-order valence-electron chi connectivity index (χ0n) is 12.1. The molecule has 0 bridgehead atoms. The van der Waals surface area contributed by atoms with Crippen molar-refractivity contribution < 1.29 is 9.21 Å². The molecule has 0 radical (unpaired) electrons. The quantitative estimate of drug-likeness (QED) is 0.943. The first-order chi connectivity index (χ1) is 10.3. The fourth-order valence-electron chi connectivity index (χ4n) is 2.75. The van der Waals surface area contributed by atoms with E-state index in [9.17, 15) is 4.79 Å². The smallest absolute Gasteiger partial charge is 0.331 e. The average Bonchev–Trinajstić information content (AvgIpc) is 3.21. The molecule has 0 aliphatic carbocycles. The number of carbonyl (C=O) groups excluding carboxylic acids is 1. The van der Waals surface area contributed by atoms with Gasteiger partial charge in [-0.25, -0.2) is 9.78 Å². The van der Waals surface area contributed by atoms with Crippen LogP contribution >= 0.6 is 12.4 Å². The lowest BCUT2D eigenvalue weighted by atomic mass is 10.2. The van der Waals surface area contributed by atoms with Crippen LogP contribution in [0, 0.1) is 0 Å². The van der Waals surface area contributed by atoms with E-state index in [-0.39, 0.29) is 18.4 Å². The minimum Gasteiger partial charge on any atom is -0.461 e. The molecule has 2 amide bonds. The number of amides is 2. The van der Waals surface area contributed by atoms with Crippen molar-refractivity contribution in [1.29, 1.82) is 0 Å². The van der Waals surface area contributed by atoms with Gasteiger partial charge in [0.1, 0.15) is 5.69 Å². The highest BCUT2D eigenvalue weighted by atomic mass is 35.5. The summed E-state index contributed by atoms with van der Waals surface area (Å²) in [5, 5.41) is 0. The van der Waals surface area contributed by atoms with E-state index in [4.69, 9.17) is 4.42 Å². The van der Waals surface area contributed by atoms with E-state index >= 15 is 0 Å². The van der Waals surface area contributed by atoms with E-state index < -0.39 is 0 Å². The van der Waals surface area contributed by atoms with Gasteiger partial charge >= 0.3 is 6.03 Å². The van der Waals surface area contributed by atoms with E-state index in [0.29, 0.717) is 42.9 Å². The van der Waals surface area contributed by atoms with Crippen LogP contribution in [0.1, 0.15) is 19.0 Å². The number of rotatable bonds is 3. The summed E-state index contributed by atoms with van der Waals surface area (Å²) in [6.45, 7) is 3.94. The van der Waals surface area contributed by atoms with Crippen LogP contribution in [0.25, 0.3) is 11.6 Å². The number of aliphatic imine (C=N–C) groups is 1. The standard InChI is InChI=1S/C14H15N5O2.ClH/c1-2-6-18-13-10(12-15-5-7-19(12)14(18)20)16-11(17-13)9-4-3-8-21-9;/h3-4,8H,2,5-7H2,1H3,(H,16,17);1H. The Bertz CT molecular complexity index is 722. The van der Waals surface area contributed by atoms with Crippen molar-refractivity contribution in [3.63, 3.8) is 0 Å². The van der Waals surface area contributed by atoms with Crippen molar-refractivity contribution in [2.75, 3.05) is 24.5 Å². The van der Waals surface area contributed by atoms with Gasteiger partial charge in [-0.3, -0.25) is 14.8 Å². The Morgan fingerprint density at radius 3 is 3.05 bits per heavy atom. The lowest BCUT2D eigenvalue weighted by molar-refractivity contribution is 0.228. The third-order valence-corrected chi connectivity index (χ3v) is 3.67. The number of hydrogen-bond acceptors (Lipinski definition) is 4. The molecule has 4 heterocycles. The molecule has 0 atom stereocenters. The van der Waals surface area contributed by atoms with Gasteiger partial charge in [0.2, 0.25) is 0 Å². The molecule has 4 rings (SSSR count). The molecule has 8 heteroatoms. The predicted octanol–water partition coefficient (Wildman–Crippen LogP) is 2.50. The lowest BCUT2D eigenvalue weighted by Gasteiger charge is -2.31. The molecule has 2 aromatic rings. The molecule has 22 heavy (non-hydrogen) atoms. The third kappa shape index (κ3) is 2.00. The lowest BCUT2D eigenvalue weighted by Crippen LogP contribution is -2.50. The molecule has 1 N–H and O–H groups in total. The van der Waals surface area contributed by atoms with Crippen molar-refractivity contribution in [2.24, 2.45) is 4.99 Å². The van der Waals surface area contributed by atoms with Gasteiger partial charge < -0.3 is 9.40 Å². The first-order valence-corrected chi connectivity index (χ1v) is 7.07. The normalized spacial score (nSPS) is 16.2. The van der Waals surface area contributed by atoms with E-state index in [1.807, 2.05) is 19.1 Å². The second-order valence-electron chi connectivity index (χ2n) is 5.05. The monoisotopic (exact) mass is 321 g/mol. The molecule has 7 nitrogen and oxygen atoms in total. The predicted molar refractivity (Wildman–Crippen MR) is 84.7 cm³/mol. The second-order valence-corrected chi connectivity index (χ2v) is 5.05. The van der Waals surface area contributed by atoms with Crippen molar-refractivity contribution in [3.8, 4) is 11.6 Å². The number of nitrogens with one attached hydrogen (secondary N) is 1. The molecule has 0 unspecified atom stereocenters. The second kappa shape index (κ2) is 5.49. The Balaban J connectivity index is 0.00000144. The minimum absolute atomic E-state index is 0. The average molecular weight is 322 g/mol. The highest BCUT2D eigenvalue weighted by Crippen LogP contribution is 2.31. The summed E-state index contributed by atoms with van der Waals surface area (Å²) < 4.78 is 5.38. The molecule has 0 fully saturated rings. The van der Waals surface area contributed by atoms with Gasteiger partial charge in [0, 0.05) is 13.1 Å². The molecular formula is C14H16ClN5O2. The SMILES string of the molecule is CCCN1C(=O)N2CCN=C2c2[nH]c(-c3ccco3)nc21.Cl. The number of aromatic amines is 1. The van der Waals surface area contributed by atoms with Gasteiger partial charge in [-0.15, -0.1) is 12.4 Å².